The van der Waals surface area contributed by atoms with E-state index in [0.717, 1.165) is 12.1 Å². The quantitative estimate of drug-likeness (QED) is 0.198. The highest BCUT2D eigenvalue weighted by atomic mass is 32.2. The maximum atomic E-state index is 13.7. The lowest BCUT2D eigenvalue weighted by molar-refractivity contribution is 0.104. The number of aromatic hydroxyl groups is 1. The molecule has 3 aromatic rings. The largest absolute Gasteiger partial charge is 0.508 e. The molecule has 0 aliphatic carbocycles. The number of urea groups is 1. The summed E-state index contributed by atoms with van der Waals surface area (Å²) in [4.78, 5) is 12.3. The molecule has 4 rings (SSSR count). The van der Waals surface area contributed by atoms with Crippen LogP contribution in [-0.2, 0) is 16.4 Å². The minimum Gasteiger partial charge on any atom is -0.508 e. The summed E-state index contributed by atoms with van der Waals surface area (Å²) in [5.41, 5.74) is 0.675. The molecule has 13 heteroatoms. The Bertz CT molecular complexity index is 1450. The van der Waals surface area contributed by atoms with Crippen molar-refractivity contribution < 1.29 is 36.9 Å². The van der Waals surface area contributed by atoms with Crippen molar-refractivity contribution >= 4 is 21.7 Å². The third kappa shape index (κ3) is 9.61. The van der Waals surface area contributed by atoms with Crippen molar-refractivity contribution in [3.05, 3.63) is 83.9 Å². The molecule has 0 aromatic heterocycles. The van der Waals surface area contributed by atoms with Crippen LogP contribution >= 0.6 is 0 Å². The van der Waals surface area contributed by atoms with E-state index in [-0.39, 0.29) is 41.7 Å². The Balaban J connectivity index is 1.15. The number of nitrogens with one attached hydrogen (secondary N) is 3. The average molecular weight is 619 g/mol. The van der Waals surface area contributed by atoms with E-state index < -0.39 is 33.8 Å². The highest BCUT2D eigenvalue weighted by Gasteiger charge is 2.29. The summed E-state index contributed by atoms with van der Waals surface area (Å²) in [5.74, 6) is -0.390. The van der Waals surface area contributed by atoms with Crippen LogP contribution in [0.4, 0.5) is 19.3 Å². The molecule has 2 amide bonds. The number of phenolic OH excluding ortho intramolecular Hbond substituents is 1. The van der Waals surface area contributed by atoms with E-state index in [4.69, 9.17) is 4.74 Å². The van der Waals surface area contributed by atoms with E-state index in [2.05, 4.69) is 16.0 Å². The van der Waals surface area contributed by atoms with E-state index in [0.29, 0.717) is 50.5 Å². The first-order valence-electron chi connectivity index (χ1n) is 14.0. The number of rotatable bonds is 13. The maximum Gasteiger partial charge on any atom is 0.319 e. The number of phenols is 1. The van der Waals surface area contributed by atoms with Crippen molar-refractivity contribution in [1.82, 2.24) is 14.9 Å². The van der Waals surface area contributed by atoms with Gasteiger partial charge < -0.3 is 30.9 Å². The van der Waals surface area contributed by atoms with Crippen LogP contribution in [0.25, 0.3) is 0 Å². The van der Waals surface area contributed by atoms with E-state index in [1.54, 1.807) is 12.1 Å². The van der Waals surface area contributed by atoms with Gasteiger partial charge in [-0.2, -0.15) is 4.31 Å². The molecule has 1 heterocycles. The number of piperidine rings is 1. The zero-order valence-electron chi connectivity index (χ0n) is 23.5. The molecule has 0 saturated carbocycles. The number of carbonyl (C=O) groups excluding carboxylic acids is 1. The van der Waals surface area contributed by atoms with Gasteiger partial charge in [0.15, 0.2) is 0 Å². The molecule has 3 aromatic carbocycles. The van der Waals surface area contributed by atoms with Gasteiger partial charge in [0.1, 0.15) is 35.8 Å². The fraction of sp³-hybridized carbons (Fsp3) is 0.367. The van der Waals surface area contributed by atoms with Crippen LogP contribution in [0.2, 0.25) is 0 Å². The number of anilines is 1. The van der Waals surface area contributed by atoms with Gasteiger partial charge >= 0.3 is 6.03 Å². The standard InChI is InChI=1S/C30H36F2N4O6S/c31-23-2-1-22(29(32)17-23)11-14-34-30(39)35-24-3-9-28(10-4-24)43(40,41)36-15-12-21(13-16-36)18-33-19-26(38)20-42-27-7-5-25(37)6-8-27/h1-10,17,21,26,33,37-38H,11-16,18-20H2,(H2,34,35,39)/t26-/m0/s1. The Morgan fingerprint density at radius 1 is 1.02 bits per heavy atom. The number of sulfonamides is 1. The van der Waals surface area contributed by atoms with Crippen LogP contribution in [0.15, 0.2) is 71.6 Å². The molecule has 1 saturated heterocycles. The monoisotopic (exact) mass is 618 g/mol. The van der Waals surface area contributed by atoms with Crippen molar-refractivity contribution in [3.63, 3.8) is 0 Å². The van der Waals surface area contributed by atoms with Crippen molar-refractivity contribution in [2.75, 3.05) is 44.6 Å². The fourth-order valence-electron chi connectivity index (χ4n) is 4.67. The first-order chi connectivity index (χ1) is 20.6. The zero-order chi connectivity index (χ0) is 30.8. The molecule has 1 atom stereocenters. The Hall–Kier alpha value is -3.78. The van der Waals surface area contributed by atoms with Gasteiger partial charge in [0.05, 0.1) is 4.90 Å². The summed E-state index contributed by atoms with van der Waals surface area (Å²) >= 11 is 0. The smallest absolute Gasteiger partial charge is 0.319 e. The van der Waals surface area contributed by atoms with Gasteiger partial charge in [0.2, 0.25) is 10.0 Å². The molecular weight excluding hydrogens is 582 g/mol. The normalized spacial score (nSPS) is 15.1. The lowest BCUT2D eigenvalue weighted by Gasteiger charge is -2.31. The minimum absolute atomic E-state index is 0.103. The number of benzene rings is 3. The molecule has 0 unspecified atom stereocenters. The molecule has 232 valence electrons. The van der Waals surface area contributed by atoms with E-state index in [9.17, 15) is 32.2 Å². The maximum absolute atomic E-state index is 13.7. The summed E-state index contributed by atoms with van der Waals surface area (Å²) in [7, 11) is -3.70. The summed E-state index contributed by atoms with van der Waals surface area (Å²) in [5, 5.41) is 27.9. The Morgan fingerprint density at radius 3 is 2.40 bits per heavy atom. The van der Waals surface area contributed by atoms with Crippen molar-refractivity contribution in [3.8, 4) is 11.5 Å². The van der Waals surface area contributed by atoms with E-state index in [1.807, 2.05) is 0 Å². The fourth-order valence-corrected chi connectivity index (χ4v) is 6.14. The number of hydrogen-bond acceptors (Lipinski definition) is 7. The second-order valence-corrected chi connectivity index (χ2v) is 12.3. The lowest BCUT2D eigenvalue weighted by Crippen LogP contribution is -2.42. The van der Waals surface area contributed by atoms with Crippen LogP contribution in [0, 0.1) is 17.6 Å². The third-order valence-electron chi connectivity index (χ3n) is 7.11. The molecule has 0 bridgehead atoms. The highest BCUT2D eigenvalue weighted by molar-refractivity contribution is 7.89. The molecule has 1 fully saturated rings. The Labute approximate surface area is 249 Å². The van der Waals surface area contributed by atoms with Crippen molar-refractivity contribution in [2.45, 2.75) is 30.3 Å². The van der Waals surface area contributed by atoms with Crippen LogP contribution < -0.4 is 20.7 Å². The summed E-state index contributed by atoms with van der Waals surface area (Å²) in [6.45, 7) is 1.96. The van der Waals surface area contributed by atoms with Crippen molar-refractivity contribution in [1.29, 1.82) is 0 Å². The molecule has 1 aliphatic rings. The minimum atomic E-state index is -3.70. The third-order valence-corrected chi connectivity index (χ3v) is 9.02. The number of ether oxygens (including phenoxy) is 1. The van der Waals surface area contributed by atoms with Gasteiger partial charge in [-0.05, 0) is 91.9 Å². The van der Waals surface area contributed by atoms with Gasteiger partial charge in [-0.1, -0.05) is 6.07 Å². The number of hydrogen-bond donors (Lipinski definition) is 5. The number of aliphatic hydroxyl groups is 1. The molecule has 10 nitrogen and oxygen atoms in total. The molecule has 0 radical (unpaired) electrons. The SMILES string of the molecule is O=C(NCCc1ccc(F)cc1F)Nc1ccc(S(=O)(=O)N2CCC(CNC[C@H](O)COc3ccc(O)cc3)CC2)cc1. The predicted molar refractivity (Wildman–Crippen MR) is 157 cm³/mol. The molecule has 1 aliphatic heterocycles. The number of nitrogens with zero attached hydrogens (tertiary/aromatic N) is 1. The zero-order valence-corrected chi connectivity index (χ0v) is 24.3. The van der Waals surface area contributed by atoms with Gasteiger partial charge in [0, 0.05) is 37.9 Å². The lowest BCUT2D eigenvalue weighted by atomic mass is 9.98. The van der Waals surface area contributed by atoms with Crippen molar-refractivity contribution in [2.24, 2.45) is 5.92 Å². The van der Waals surface area contributed by atoms with Crippen LogP contribution in [-0.4, -0.2) is 74.4 Å². The number of amides is 2. The molecule has 0 spiro atoms. The first kappa shape index (κ1) is 32.1. The second kappa shape index (κ2) is 15.1. The Morgan fingerprint density at radius 2 is 1.72 bits per heavy atom. The summed E-state index contributed by atoms with van der Waals surface area (Å²) < 4.78 is 60.0. The van der Waals surface area contributed by atoms with Gasteiger partial charge in [0.25, 0.3) is 0 Å². The highest BCUT2D eigenvalue weighted by Crippen LogP contribution is 2.24. The van der Waals surface area contributed by atoms with Crippen LogP contribution in [0.1, 0.15) is 18.4 Å². The van der Waals surface area contributed by atoms with E-state index >= 15 is 0 Å². The van der Waals surface area contributed by atoms with E-state index in [1.165, 1.54) is 46.8 Å². The van der Waals surface area contributed by atoms with Gasteiger partial charge in [-0.15, -0.1) is 0 Å². The van der Waals surface area contributed by atoms with Gasteiger partial charge in [-0.3, -0.25) is 0 Å². The summed E-state index contributed by atoms with van der Waals surface area (Å²) in [6.07, 6.45) is 0.813. The summed E-state index contributed by atoms with van der Waals surface area (Å²) in [6, 6.07) is 14.9. The van der Waals surface area contributed by atoms with Crippen LogP contribution in [0.5, 0.6) is 11.5 Å². The molecule has 43 heavy (non-hydrogen) atoms. The van der Waals surface area contributed by atoms with Crippen LogP contribution in [0.3, 0.4) is 0 Å². The van der Waals surface area contributed by atoms with Gasteiger partial charge in [-0.25, -0.2) is 22.0 Å². The molecule has 5 N–H and O–H groups in total. The average Bonchev–Trinajstić information content (AvgIpc) is 2.98. The molecular formula is C30H36F2N4O6S. The predicted octanol–water partition coefficient (Wildman–Crippen LogP) is 3.46. The first-order valence-corrected chi connectivity index (χ1v) is 15.4. The number of aliphatic hydroxyl groups excluding tert-OH is 1. The Kier molecular flexibility index (Phi) is 11.3. The number of carbonyl (C=O) groups is 1. The second-order valence-electron chi connectivity index (χ2n) is 10.4. The topological polar surface area (TPSA) is 140 Å². The number of halogens is 2.